The van der Waals surface area contributed by atoms with E-state index in [2.05, 4.69) is 54.8 Å². The predicted octanol–water partition coefficient (Wildman–Crippen LogP) is 4.90. The van der Waals surface area contributed by atoms with Gasteiger partial charge in [-0.15, -0.1) is 0 Å². The van der Waals surface area contributed by atoms with E-state index >= 15 is 0 Å². The Balaban J connectivity index is 1.51. The van der Waals surface area contributed by atoms with Crippen molar-refractivity contribution in [2.24, 2.45) is 24.1 Å². The van der Waals surface area contributed by atoms with Crippen molar-refractivity contribution in [3.05, 3.63) is 85.7 Å². The van der Waals surface area contributed by atoms with Crippen LogP contribution in [-0.2, 0) is 14.1 Å². The number of benzene rings is 2. The van der Waals surface area contributed by atoms with E-state index < -0.39 is 11.8 Å². The number of thiazole rings is 2. The quantitative estimate of drug-likeness (QED) is 0.335. The van der Waals surface area contributed by atoms with Gasteiger partial charge in [0.1, 0.15) is 11.4 Å². The van der Waals surface area contributed by atoms with Crippen molar-refractivity contribution in [3.8, 4) is 0 Å². The molecule has 7 nitrogen and oxygen atoms in total. The van der Waals surface area contributed by atoms with Crippen LogP contribution in [0.4, 0.5) is 0 Å². The van der Waals surface area contributed by atoms with E-state index in [9.17, 15) is 9.59 Å². The molecule has 5 aromatic rings. The Labute approximate surface area is 215 Å². The van der Waals surface area contributed by atoms with Crippen LogP contribution in [0.25, 0.3) is 20.4 Å². The third-order valence-corrected chi connectivity index (χ3v) is 8.75. The number of pyridine rings is 1. The van der Waals surface area contributed by atoms with Crippen molar-refractivity contribution in [1.29, 1.82) is 0 Å². The average Bonchev–Trinajstić information content (AvgIpc) is 3.35. The number of hydrogen-bond donors (Lipinski definition) is 0. The molecule has 0 aliphatic carbocycles. The van der Waals surface area contributed by atoms with Crippen molar-refractivity contribution in [2.75, 3.05) is 0 Å². The van der Waals surface area contributed by atoms with Gasteiger partial charge in [-0.3, -0.25) is 9.59 Å². The second-order valence-electron chi connectivity index (χ2n) is 8.84. The van der Waals surface area contributed by atoms with Crippen molar-refractivity contribution < 1.29 is 9.59 Å². The monoisotopic (exact) mass is 515 g/mol. The summed E-state index contributed by atoms with van der Waals surface area (Å²) < 4.78 is 5.97. The molecule has 0 saturated heterocycles. The summed E-state index contributed by atoms with van der Waals surface area (Å²) in [6.07, 6.45) is 0. The van der Waals surface area contributed by atoms with Crippen LogP contribution in [-0.4, -0.2) is 25.9 Å². The maximum absolute atomic E-state index is 13.0. The van der Waals surface area contributed by atoms with Crippen LogP contribution in [0.3, 0.4) is 0 Å². The number of carbonyl (C=O) groups is 2. The van der Waals surface area contributed by atoms with Crippen LogP contribution in [0.5, 0.6) is 0 Å². The first-order valence-electron chi connectivity index (χ1n) is 11.4. The first-order chi connectivity index (χ1) is 17.2. The third kappa shape index (κ3) is 4.04. The van der Waals surface area contributed by atoms with Crippen LogP contribution < -0.4 is 9.60 Å². The van der Waals surface area contributed by atoms with Crippen molar-refractivity contribution in [1.82, 2.24) is 14.1 Å². The molecule has 0 unspecified atom stereocenters. The van der Waals surface area contributed by atoms with E-state index in [1.807, 2.05) is 35.4 Å². The molecule has 5 rings (SSSR count). The molecule has 9 heteroatoms. The molecule has 0 aliphatic rings. The Hall–Kier alpha value is -3.69. The first-order valence-corrected chi connectivity index (χ1v) is 13.1. The maximum atomic E-state index is 13.0. The van der Waals surface area contributed by atoms with Crippen LogP contribution in [0.1, 0.15) is 43.2 Å². The number of hydrogen-bond acceptors (Lipinski definition) is 5. The second-order valence-corrected chi connectivity index (χ2v) is 10.9. The normalized spacial score (nSPS) is 12.7. The summed E-state index contributed by atoms with van der Waals surface area (Å²) in [5, 5.41) is 0. The molecule has 0 radical (unpaired) electrons. The number of carbonyl (C=O) groups excluding carboxylic acids is 2. The van der Waals surface area contributed by atoms with Crippen molar-refractivity contribution in [3.63, 3.8) is 0 Å². The number of aryl methyl sites for hydroxylation is 6. The van der Waals surface area contributed by atoms with Gasteiger partial charge in [0, 0.05) is 14.1 Å². The van der Waals surface area contributed by atoms with Gasteiger partial charge in [-0.25, -0.2) is 4.98 Å². The van der Waals surface area contributed by atoms with Gasteiger partial charge in [0.25, 0.3) is 11.8 Å². The number of amides is 2. The molecular weight excluding hydrogens is 490 g/mol. The highest BCUT2D eigenvalue weighted by molar-refractivity contribution is 7.16. The van der Waals surface area contributed by atoms with Crippen LogP contribution in [0.15, 0.2) is 52.4 Å². The Morgan fingerprint density at radius 2 is 1.11 bits per heavy atom. The molecule has 0 fully saturated rings. The fourth-order valence-corrected chi connectivity index (χ4v) is 6.39. The topological polar surface area (TPSA) is 81.6 Å². The maximum Gasteiger partial charge on any atom is 0.298 e. The number of rotatable bonds is 2. The zero-order chi connectivity index (χ0) is 25.7. The Kier molecular flexibility index (Phi) is 6.05. The summed E-state index contributed by atoms with van der Waals surface area (Å²) in [4.78, 5) is 40.1. The summed E-state index contributed by atoms with van der Waals surface area (Å²) >= 11 is 2.90. The van der Waals surface area contributed by atoms with Crippen molar-refractivity contribution in [2.45, 2.75) is 27.7 Å². The van der Waals surface area contributed by atoms with Gasteiger partial charge in [-0.05, 0) is 74.2 Å². The third-order valence-electron chi connectivity index (χ3n) is 6.56. The number of aromatic nitrogens is 3. The number of nitrogens with zero attached hydrogens (tertiary/aromatic N) is 5. The van der Waals surface area contributed by atoms with Gasteiger partial charge in [-0.2, -0.15) is 9.98 Å². The van der Waals surface area contributed by atoms with E-state index in [0.717, 1.165) is 31.6 Å². The van der Waals surface area contributed by atoms with E-state index in [-0.39, 0.29) is 11.4 Å². The molecule has 0 bridgehead atoms. The van der Waals surface area contributed by atoms with Gasteiger partial charge in [0.15, 0.2) is 9.60 Å². The molecule has 182 valence electrons. The Bertz CT molecular complexity index is 1720. The average molecular weight is 516 g/mol. The lowest BCUT2D eigenvalue weighted by atomic mass is 10.1. The first kappa shape index (κ1) is 24.0. The minimum Gasteiger partial charge on any atom is -0.319 e. The molecule has 0 saturated carbocycles. The summed E-state index contributed by atoms with van der Waals surface area (Å²) in [6.45, 7) is 8.25. The van der Waals surface area contributed by atoms with E-state index in [4.69, 9.17) is 0 Å². The lowest BCUT2D eigenvalue weighted by molar-refractivity contribution is 0.0989. The van der Waals surface area contributed by atoms with Crippen LogP contribution >= 0.6 is 22.7 Å². The van der Waals surface area contributed by atoms with Crippen LogP contribution in [0, 0.1) is 27.7 Å². The van der Waals surface area contributed by atoms with Gasteiger partial charge in [-0.1, -0.05) is 40.9 Å². The lowest BCUT2D eigenvalue weighted by Crippen LogP contribution is -2.16. The van der Waals surface area contributed by atoms with E-state index in [1.165, 1.54) is 33.8 Å². The highest BCUT2D eigenvalue weighted by Crippen LogP contribution is 2.24. The smallest absolute Gasteiger partial charge is 0.298 e. The summed E-state index contributed by atoms with van der Waals surface area (Å²) in [6, 6.07) is 13.0. The highest BCUT2D eigenvalue weighted by atomic mass is 32.1. The molecule has 3 aromatic heterocycles. The second kappa shape index (κ2) is 9.07. The molecule has 2 amide bonds. The largest absolute Gasteiger partial charge is 0.319 e. The standard InChI is InChI=1S/C27H25N5O2S2/c1-14-10-12-20-22(16(14)3)31(5)26(35-20)29-24(33)18-8-7-9-19(28-18)25(34)30-27-32(6)23-17(4)15(2)11-13-21(23)36-27/h7-13H,1-6H3. The van der Waals surface area contributed by atoms with E-state index in [1.54, 1.807) is 18.2 Å². The minimum absolute atomic E-state index is 0.105. The lowest BCUT2D eigenvalue weighted by Gasteiger charge is -2.03. The molecule has 0 atom stereocenters. The SMILES string of the molecule is Cc1ccc2sc(=NC(=O)c3cccc(C(=O)N=c4sc5ccc(C)c(C)c5n4C)n3)n(C)c2c1C. The molecule has 3 heterocycles. The van der Waals surface area contributed by atoms with Gasteiger partial charge in [0.2, 0.25) is 0 Å². The summed E-state index contributed by atoms with van der Waals surface area (Å²) in [5.41, 5.74) is 7.01. The predicted molar refractivity (Wildman–Crippen MR) is 145 cm³/mol. The van der Waals surface area contributed by atoms with Gasteiger partial charge < -0.3 is 9.13 Å². The molecule has 0 aliphatic heterocycles. The van der Waals surface area contributed by atoms with Gasteiger partial charge in [0.05, 0.1) is 20.4 Å². The molecule has 36 heavy (non-hydrogen) atoms. The van der Waals surface area contributed by atoms with Crippen molar-refractivity contribution >= 4 is 54.9 Å². The Morgan fingerprint density at radius 1 is 0.694 bits per heavy atom. The molecular formula is C27H25N5O2S2. The Morgan fingerprint density at radius 3 is 1.53 bits per heavy atom. The zero-order valence-electron chi connectivity index (χ0n) is 20.9. The highest BCUT2D eigenvalue weighted by Gasteiger charge is 2.15. The van der Waals surface area contributed by atoms with Gasteiger partial charge >= 0.3 is 0 Å². The summed E-state index contributed by atoms with van der Waals surface area (Å²) in [5.74, 6) is -1.00. The molecule has 2 aromatic carbocycles. The fraction of sp³-hybridized carbons (Fsp3) is 0.222. The zero-order valence-corrected chi connectivity index (χ0v) is 22.5. The van der Waals surface area contributed by atoms with Crippen LogP contribution in [0.2, 0.25) is 0 Å². The molecule has 0 N–H and O–H groups in total. The summed E-state index contributed by atoms with van der Waals surface area (Å²) in [7, 11) is 3.80. The minimum atomic E-state index is -0.500. The van der Waals surface area contributed by atoms with E-state index in [0.29, 0.717) is 9.60 Å². The number of fused-ring (bicyclic) bond motifs is 2. The molecule has 0 spiro atoms. The fourth-order valence-electron chi connectivity index (χ4n) is 4.23.